The van der Waals surface area contributed by atoms with E-state index in [1.54, 1.807) is 0 Å². The fraction of sp³-hybridized carbons (Fsp3) is 0.688. The number of hydrogen-bond acceptors (Lipinski definition) is 2. The van der Waals surface area contributed by atoms with Crippen molar-refractivity contribution in [2.75, 3.05) is 14.1 Å². The van der Waals surface area contributed by atoms with Crippen molar-refractivity contribution < 1.29 is 0 Å². The average Bonchev–Trinajstić information content (AvgIpc) is 2.39. The van der Waals surface area contributed by atoms with Gasteiger partial charge in [0, 0.05) is 17.4 Å². The van der Waals surface area contributed by atoms with Crippen molar-refractivity contribution in [1.82, 2.24) is 9.88 Å². The first kappa shape index (κ1) is 15.2. The molecule has 0 saturated heterocycles. The summed E-state index contributed by atoms with van der Waals surface area (Å²) in [6.45, 7) is 8.35. The Hall–Kier alpha value is -0.890. The van der Waals surface area contributed by atoms with Crippen LogP contribution in [0.1, 0.15) is 49.7 Å². The highest BCUT2D eigenvalue weighted by atomic mass is 15.1. The van der Waals surface area contributed by atoms with Crippen LogP contribution in [0.15, 0.2) is 6.07 Å². The van der Waals surface area contributed by atoms with E-state index in [2.05, 4.69) is 38.9 Å². The minimum atomic E-state index is 0.697. The Balaban J connectivity index is 0.000000771. The van der Waals surface area contributed by atoms with Crippen LogP contribution in [0.2, 0.25) is 0 Å². The number of hydrogen-bond donors (Lipinski definition) is 0. The molecule has 1 aliphatic rings. The summed E-state index contributed by atoms with van der Waals surface area (Å²) in [6, 6.07) is 2.96. The van der Waals surface area contributed by atoms with Gasteiger partial charge in [0.25, 0.3) is 0 Å². The molecular weight excluding hydrogens is 220 g/mol. The average molecular weight is 248 g/mol. The number of pyridine rings is 1. The van der Waals surface area contributed by atoms with Crippen LogP contribution in [0, 0.1) is 6.92 Å². The van der Waals surface area contributed by atoms with Crippen molar-refractivity contribution >= 4 is 0 Å². The highest BCUT2D eigenvalue weighted by Gasteiger charge is 2.23. The second kappa shape index (κ2) is 6.89. The van der Waals surface area contributed by atoms with E-state index in [9.17, 15) is 0 Å². The summed E-state index contributed by atoms with van der Waals surface area (Å²) < 4.78 is 0. The predicted molar refractivity (Wildman–Crippen MR) is 79.2 cm³/mol. The molecule has 2 heteroatoms. The fourth-order valence-electron chi connectivity index (χ4n) is 2.69. The third kappa shape index (κ3) is 3.32. The van der Waals surface area contributed by atoms with Crippen molar-refractivity contribution in [3.63, 3.8) is 0 Å². The first-order valence-corrected chi connectivity index (χ1v) is 7.26. The van der Waals surface area contributed by atoms with Crippen LogP contribution in [-0.4, -0.2) is 30.0 Å². The second-order valence-corrected chi connectivity index (χ2v) is 5.06. The van der Waals surface area contributed by atoms with Crippen LogP contribution >= 0.6 is 0 Å². The number of aryl methyl sites for hydroxylation is 3. The number of likely N-dealkylation sites (N-methyl/N-ethyl adjacent to an activating group) is 1. The molecular formula is C16H28N2. The lowest BCUT2D eigenvalue weighted by atomic mass is 9.87. The molecule has 1 atom stereocenters. The normalized spacial score (nSPS) is 18.1. The first-order valence-electron chi connectivity index (χ1n) is 7.26. The molecule has 1 heterocycles. The van der Waals surface area contributed by atoms with Gasteiger partial charge in [-0.25, -0.2) is 0 Å². The monoisotopic (exact) mass is 248 g/mol. The van der Waals surface area contributed by atoms with E-state index in [1.807, 2.05) is 13.8 Å². The molecule has 2 nitrogen and oxygen atoms in total. The maximum absolute atomic E-state index is 4.70. The van der Waals surface area contributed by atoms with Crippen LogP contribution in [0.4, 0.5) is 0 Å². The summed E-state index contributed by atoms with van der Waals surface area (Å²) in [5.74, 6) is 0. The maximum atomic E-state index is 4.70. The van der Waals surface area contributed by atoms with Gasteiger partial charge in [0.05, 0.1) is 0 Å². The topological polar surface area (TPSA) is 16.1 Å². The highest BCUT2D eigenvalue weighted by molar-refractivity contribution is 5.35. The first-order chi connectivity index (χ1) is 8.61. The summed E-state index contributed by atoms with van der Waals surface area (Å²) >= 11 is 0. The molecule has 0 spiro atoms. The maximum Gasteiger partial charge on any atom is 0.0442 e. The molecule has 1 unspecified atom stereocenters. The number of nitrogens with zero attached hydrogens (tertiary/aromatic N) is 2. The Morgan fingerprint density at radius 2 is 2.00 bits per heavy atom. The summed E-state index contributed by atoms with van der Waals surface area (Å²) in [6.07, 6.45) is 4.71. The van der Waals surface area contributed by atoms with Gasteiger partial charge in [0.1, 0.15) is 0 Å². The smallest absolute Gasteiger partial charge is 0.0442 e. The van der Waals surface area contributed by atoms with E-state index in [1.165, 1.54) is 35.4 Å². The van der Waals surface area contributed by atoms with Gasteiger partial charge in [0.2, 0.25) is 0 Å². The quantitative estimate of drug-likeness (QED) is 0.797. The van der Waals surface area contributed by atoms with Gasteiger partial charge in [0.15, 0.2) is 0 Å². The predicted octanol–water partition coefficient (Wildman–Crippen LogP) is 3.40. The lowest BCUT2D eigenvalue weighted by Gasteiger charge is -2.30. The van der Waals surface area contributed by atoms with Crippen molar-refractivity contribution in [2.45, 2.75) is 59.4 Å². The Morgan fingerprint density at radius 1 is 1.33 bits per heavy atom. The van der Waals surface area contributed by atoms with Gasteiger partial charge in [-0.2, -0.15) is 0 Å². The zero-order valence-electron chi connectivity index (χ0n) is 12.9. The molecule has 0 saturated carbocycles. The van der Waals surface area contributed by atoms with Gasteiger partial charge in [-0.15, -0.1) is 0 Å². The Morgan fingerprint density at radius 3 is 2.56 bits per heavy atom. The van der Waals surface area contributed by atoms with E-state index in [4.69, 9.17) is 4.98 Å². The largest absolute Gasteiger partial charge is 0.306 e. The van der Waals surface area contributed by atoms with Crippen molar-refractivity contribution in [3.8, 4) is 0 Å². The summed E-state index contributed by atoms with van der Waals surface area (Å²) in [7, 11) is 4.37. The summed E-state index contributed by atoms with van der Waals surface area (Å²) in [4.78, 5) is 7.05. The molecule has 2 rings (SSSR count). The van der Waals surface area contributed by atoms with Crippen LogP contribution in [-0.2, 0) is 19.3 Å². The lowest BCUT2D eigenvalue weighted by Crippen LogP contribution is -2.34. The van der Waals surface area contributed by atoms with Crippen molar-refractivity contribution in [3.05, 3.63) is 28.6 Å². The molecule has 0 radical (unpaired) electrons. The fourth-order valence-corrected chi connectivity index (χ4v) is 2.69. The van der Waals surface area contributed by atoms with E-state index in [-0.39, 0.29) is 0 Å². The SMILES string of the molecule is CC.CCc1cc(C)nc2c1CC(N(C)C)CC2. The molecule has 0 amide bonds. The Bertz CT molecular complexity index is 366. The van der Waals surface area contributed by atoms with Gasteiger partial charge in [-0.3, -0.25) is 4.98 Å². The van der Waals surface area contributed by atoms with E-state index < -0.39 is 0 Å². The van der Waals surface area contributed by atoms with Gasteiger partial charge < -0.3 is 4.90 Å². The van der Waals surface area contributed by atoms with Gasteiger partial charge in [-0.1, -0.05) is 20.8 Å². The van der Waals surface area contributed by atoms with Crippen LogP contribution in [0.3, 0.4) is 0 Å². The van der Waals surface area contributed by atoms with Gasteiger partial charge in [-0.05, 0) is 63.9 Å². The zero-order valence-corrected chi connectivity index (χ0v) is 12.9. The number of fused-ring (bicyclic) bond motifs is 1. The minimum Gasteiger partial charge on any atom is -0.306 e. The van der Waals surface area contributed by atoms with Crippen LogP contribution in [0.25, 0.3) is 0 Å². The molecule has 1 aromatic heterocycles. The van der Waals surface area contributed by atoms with Crippen LogP contribution in [0.5, 0.6) is 0 Å². The molecule has 0 bridgehead atoms. The van der Waals surface area contributed by atoms with Crippen LogP contribution < -0.4 is 0 Å². The van der Waals surface area contributed by atoms with Crippen molar-refractivity contribution in [2.24, 2.45) is 0 Å². The molecule has 0 aromatic carbocycles. The highest BCUT2D eigenvalue weighted by Crippen LogP contribution is 2.26. The molecule has 102 valence electrons. The molecule has 0 aliphatic heterocycles. The zero-order chi connectivity index (χ0) is 13.7. The summed E-state index contributed by atoms with van der Waals surface area (Å²) in [5, 5.41) is 0. The van der Waals surface area contributed by atoms with E-state index in [0.29, 0.717) is 6.04 Å². The van der Waals surface area contributed by atoms with Gasteiger partial charge >= 0.3 is 0 Å². The molecule has 0 fully saturated rings. The lowest BCUT2D eigenvalue weighted by molar-refractivity contribution is 0.266. The third-order valence-corrected chi connectivity index (χ3v) is 3.70. The molecule has 1 aromatic rings. The number of aromatic nitrogens is 1. The third-order valence-electron chi connectivity index (χ3n) is 3.70. The molecule has 18 heavy (non-hydrogen) atoms. The Labute approximate surface area is 112 Å². The van der Waals surface area contributed by atoms with E-state index in [0.717, 1.165) is 12.8 Å². The second-order valence-electron chi connectivity index (χ2n) is 5.06. The van der Waals surface area contributed by atoms with Crippen molar-refractivity contribution in [1.29, 1.82) is 0 Å². The van der Waals surface area contributed by atoms with E-state index >= 15 is 0 Å². The standard InChI is InChI=1S/C14H22N2.C2H6/c1-5-11-8-10(2)15-14-7-6-12(16(3)4)9-13(11)14;1-2/h8,12H,5-7,9H2,1-4H3;1-2H3. The number of rotatable bonds is 2. The molecule has 1 aliphatic carbocycles. The summed E-state index contributed by atoms with van der Waals surface area (Å²) in [5.41, 5.74) is 5.57. The Kier molecular flexibility index (Phi) is 5.80. The minimum absolute atomic E-state index is 0.697. The molecule has 0 N–H and O–H groups in total.